The molecule has 0 spiro atoms. The third kappa shape index (κ3) is 3.95. The zero-order valence-electron chi connectivity index (χ0n) is 15.1. The third-order valence-corrected chi connectivity index (χ3v) is 5.71. The highest BCUT2D eigenvalue weighted by molar-refractivity contribution is 7.89. The monoisotopic (exact) mass is 368 g/mol. The van der Waals surface area contributed by atoms with E-state index >= 15 is 0 Å². The Morgan fingerprint density at radius 1 is 1.32 bits per heavy atom. The van der Waals surface area contributed by atoms with Crippen molar-refractivity contribution in [2.24, 2.45) is 0 Å². The molecule has 0 aromatic heterocycles. The molecule has 0 unspecified atom stereocenters. The summed E-state index contributed by atoms with van der Waals surface area (Å²) in [5.41, 5.74) is 0.111. The van der Waals surface area contributed by atoms with E-state index in [1.807, 2.05) is 0 Å². The van der Waals surface area contributed by atoms with Gasteiger partial charge in [-0.15, -0.1) is 0 Å². The molecule has 1 aromatic rings. The van der Waals surface area contributed by atoms with Crippen LogP contribution in [-0.4, -0.2) is 43.2 Å². The molecular formula is C17H24N2O5S. The molecule has 1 atom stereocenters. The zero-order valence-corrected chi connectivity index (χ0v) is 15.9. The lowest BCUT2D eigenvalue weighted by atomic mass is 10.1. The standard InChI is InChI=1S/C17H24N2O5S/c1-11-10-12(6-8-14(11)24-5)25(22,23)19-13(7-9-15(19)20)16(21)18-17(2,3)4/h6,8,10,13H,7,9H2,1-5H3,(H,18,21)/t13-/m0/s1. The first-order valence-electron chi connectivity index (χ1n) is 8.01. The van der Waals surface area contributed by atoms with Gasteiger partial charge in [0.1, 0.15) is 11.8 Å². The molecule has 0 saturated carbocycles. The van der Waals surface area contributed by atoms with E-state index in [-0.39, 0.29) is 17.7 Å². The maximum atomic E-state index is 13.0. The number of methoxy groups -OCH3 is 1. The lowest BCUT2D eigenvalue weighted by Crippen LogP contribution is -2.52. The average molecular weight is 368 g/mol. The second-order valence-corrected chi connectivity index (χ2v) is 8.93. The summed E-state index contributed by atoms with van der Waals surface area (Å²) in [5.74, 6) is -0.483. The second-order valence-electron chi connectivity index (χ2n) is 7.12. The molecule has 1 heterocycles. The molecule has 0 aliphatic carbocycles. The minimum atomic E-state index is -4.12. The van der Waals surface area contributed by atoms with Gasteiger partial charge in [0.05, 0.1) is 12.0 Å². The molecule has 1 saturated heterocycles. The topological polar surface area (TPSA) is 92.8 Å². The van der Waals surface area contributed by atoms with Crippen LogP contribution in [0.4, 0.5) is 0 Å². The fourth-order valence-electron chi connectivity index (χ4n) is 2.78. The molecular weight excluding hydrogens is 344 g/mol. The number of carbonyl (C=O) groups is 2. The summed E-state index contributed by atoms with van der Waals surface area (Å²) in [5, 5.41) is 2.75. The number of aryl methyl sites for hydroxylation is 1. The zero-order chi connectivity index (χ0) is 19.0. The number of benzene rings is 1. The molecule has 138 valence electrons. The van der Waals surface area contributed by atoms with E-state index in [9.17, 15) is 18.0 Å². The Morgan fingerprint density at radius 2 is 1.96 bits per heavy atom. The highest BCUT2D eigenvalue weighted by Crippen LogP contribution is 2.30. The number of rotatable bonds is 4. The average Bonchev–Trinajstić information content (AvgIpc) is 2.88. The highest BCUT2D eigenvalue weighted by Gasteiger charge is 2.44. The van der Waals surface area contributed by atoms with Gasteiger partial charge in [-0.1, -0.05) is 0 Å². The lowest BCUT2D eigenvalue weighted by molar-refractivity contribution is -0.131. The van der Waals surface area contributed by atoms with Crippen molar-refractivity contribution in [2.75, 3.05) is 7.11 Å². The number of nitrogens with zero attached hydrogens (tertiary/aromatic N) is 1. The number of hydrogen-bond donors (Lipinski definition) is 1. The molecule has 25 heavy (non-hydrogen) atoms. The first-order valence-corrected chi connectivity index (χ1v) is 9.45. The summed E-state index contributed by atoms with van der Waals surface area (Å²) < 4.78 is 31.8. The first-order chi connectivity index (χ1) is 11.5. The molecule has 1 N–H and O–H groups in total. The van der Waals surface area contributed by atoms with Crippen molar-refractivity contribution in [1.82, 2.24) is 9.62 Å². The van der Waals surface area contributed by atoms with E-state index in [0.717, 1.165) is 4.31 Å². The van der Waals surface area contributed by atoms with Crippen LogP contribution in [0.25, 0.3) is 0 Å². The molecule has 1 aliphatic heterocycles. The van der Waals surface area contributed by atoms with Crippen LogP contribution in [0.5, 0.6) is 5.75 Å². The highest BCUT2D eigenvalue weighted by atomic mass is 32.2. The Bertz CT molecular complexity index is 796. The molecule has 1 aliphatic rings. The summed E-state index contributed by atoms with van der Waals surface area (Å²) in [7, 11) is -2.62. The normalized spacial score (nSPS) is 18.4. The fourth-order valence-corrected chi connectivity index (χ4v) is 4.47. The second kappa shape index (κ2) is 6.67. The Morgan fingerprint density at radius 3 is 2.48 bits per heavy atom. The summed E-state index contributed by atoms with van der Waals surface area (Å²) in [6, 6.07) is 3.33. The van der Waals surface area contributed by atoms with Gasteiger partial charge in [-0.05, 0) is 57.9 Å². The summed E-state index contributed by atoms with van der Waals surface area (Å²) in [6.45, 7) is 7.11. The van der Waals surface area contributed by atoms with Crippen LogP contribution in [0.2, 0.25) is 0 Å². The Kier molecular flexibility index (Phi) is 5.13. The summed E-state index contributed by atoms with van der Waals surface area (Å²) >= 11 is 0. The van der Waals surface area contributed by atoms with E-state index in [4.69, 9.17) is 4.74 Å². The largest absolute Gasteiger partial charge is 0.496 e. The van der Waals surface area contributed by atoms with Crippen LogP contribution in [-0.2, 0) is 19.6 Å². The Balaban J connectivity index is 2.40. The Labute approximate surface area is 148 Å². The number of amides is 2. The van der Waals surface area contributed by atoms with E-state index in [1.165, 1.54) is 25.3 Å². The smallest absolute Gasteiger partial charge is 0.267 e. The van der Waals surface area contributed by atoms with Crippen LogP contribution < -0.4 is 10.1 Å². The summed E-state index contributed by atoms with van der Waals surface area (Å²) in [4.78, 5) is 24.7. The fraction of sp³-hybridized carbons (Fsp3) is 0.529. The van der Waals surface area contributed by atoms with Gasteiger partial charge in [0, 0.05) is 12.0 Å². The molecule has 7 nitrogen and oxygen atoms in total. The predicted molar refractivity (Wildman–Crippen MR) is 92.7 cm³/mol. The van der Waals surface area contributed by atoms with Gasteiger partial charge in [0.15, 0.2) is 0 Å². The number of sulfonamides is 1. The van der Waals surface area contributed by atoms with Gasteiger partial charge in [-0.3, -0.25) is 9.59 Å². The van der Waals surface area contributed by atoms with Crippen molar-refractivity contribution < 1.29 is 22.7 Å². The molecule has 2 rings (SSSR count). The molecule has 8 heteroatoms. The number of hydrogen-bond acceptors (Lipinski definition) is 5. The van der Waals surface area contributed by atoms with Gasteiger partial charge < -0.3 is 10.1 Å². The first kappa shape index (κ1) is 19.2. The van der Waals surface area contributed by atoms with Crippen LogP contribution in [0.15, 0.2) is 23.1 Å². The van der Waals surface area contributed by atoms with Gasteiger partial charge >= 0.3 is 0 Å². The van der Waals surface area contributed by atoms with E-state index in [0.29, 0.717) is 11.3 Å². The van der Waals surface area contributed by atoms with Gasteiger partial charge in [0.25, 0.3) is 10.0 Å². The predicted octanol–water partition coefficient (Wildman–Crippen LogP) is 1.60. The molecule has 1 aromatic carbocycles. The van der Waals surface area contributed by atoms with E-state index in [2.05, 4.69) is 5.32 Å². The molecule has 0 bridgehead atoms. The number of carbonyl (C=O) groups excluding carboxylic acids is 2. The minimum absolute atomic E-state index is 0.0244. The van der Waals surface area contributed by atoms with Gasteiger partial charge in [-0.2, -0.15) is 0 Å². The van der Waals surface area contributed by atoms with Crippen molar-refractivity contribution in [3.8, 4) is 5.75 Å². The van der Waals surface area contributed by atoms with Crippen LogP contribution in [0.3, 0.4) is 0 Å². The number of ether oxygens (including phenoxy) is 1. The van der Waals surface area contributed by atoms with Crippen molar-refractivity contribution in [1.29, 1.82) is 0 Å². The quantitative estimate of drug-likeness (QED) is 0.871. The molecule has 1 fully saturated rings. The van der Waals surface area contributed by atoms with Gasteiger partial charge in [-0.25, -0.2) is 12.7 Å². The molecule has 0 radical (unpaired) electrons. The number of nitrogens with one attached hydrogen (secondary N) is 1. The maximum Gasteiger partial charge on any atom is 0.267 e. The van der Waals surface area contributed by atoms with Crippen LogP contribution in [0, 0.1) is 6.92 Å². The maximum absolute atomic E-state index is 13.0. The van der Waals surface area contributed by atoms with Crippen molar-refractivity contribution >= 4 is 21.8 Å². The van der Waals surface area contributed by atoms with E-state index < -0.39 is 33.4 Å². The van der Waals surface area contributed by atoms with E-state index in [1.54, 1.807) is 27.7 Å². The van der Waals surface area contributed by atoms with Gasteiger partial charge in [0.2, 0.25) is 11.8 Å². The van der Waals surface area contributed by atoms with Crippen molar-refractivity contribution in [3.63, 3.8) is 0 Å². The summed E-state index contributed by atoms with van der Waals surface area (Å²) in [6.07, 6.45) is 0.200. The molecule has 2 amide bonds. The van der Waals surface area contributed by atoms with Crippen LogP contribution in [0.1, 0.15) is 39.2 Å². The van der Waals surface area contributed by atoms with Crippen LogP contribution >= 0.6 is 0 Å². The minimum Gasteiger partial charge on any atom is -0.496 e. The third-order valence-electron chi connectivity index (χ3n) is 3.88. The van der Waals surface area contributed by atoms with Crippen molar-refractivity contribution in [2.45, 2.75) is 57.0 Å². The SMILES string of the molecule is COc1ccc(S(=O)(=O)N2C(=O)CC[C@H]2C(=O)NC(C)(C)C)cc1C. The lowest BCUT2D eigenvalue weighted by Gasteiger charge is -2.28. The van der Waals surface area contributed by atoms with Crippen molar-refractivity contribution in [3.05, 3.63) is 23.8 Å². The Hall–Kier alpha value is -2.09.